The van der Waals surface area contributed by atoms with Crippen LogP contribution in [0.1, 0.15) is 36.9 Å². The summed E-state index contributed by atoms with van der Waals surface area (Å²) in [6.07, 6.45) is 0.734. The van der Waals surface area contributed by atoms with E-state index in [1.807, 2.05) is 49.4 Å². The maximum Gasteiger partial charge on any atom is 0.303 e. The molecule has 1 saturated heterocycles. The van der Waals surface area contributed by atoms with Gasteiger partial charge in [0.1, 0.15) is 0 Å². The van der Waals surface area contributed by atoms with E-state index in [2.05, 4.69) is 5.32 Å². The Kier molecular flexibility index (Phi) is 6.09. The van der Waals surface area contributed by atoms with Crippen molar-refractivity contribution >= 4 is 23.5 Å². The van der Waals surface area contributed by atoms with E-state index in [1.165, 1.54) is 0 Å². The van der Waals surface area contributed by atoms with E-state index in [4.69, 9.17) is 5.11 Å². The first kappa shape index (κ1) is 19.6. The number of benzene rings is 2. The molecule has 0 radical (unpaired) electrons. The second-order valence-corrected chi connectivity index (χ2v) is 7.11. The highest BCUT2D eigenvalue weighted by molar-refractivity contribution is 5.97. The Labute approximate surface area is 164 Å². The summed E-state index contributed by atoms with van der Waals surface area (Å²) in [6, 6.07) is 16.9. The van der Waals surface area contributed by atoms with Crippen LogP contribution in [0.5, 0.6) is 0 Å². The summed E-state index contributed by atoms with van der Waals surface area (Å²) in [7, 11) is 0. The maximum atomic E-state index is 12.6. The van der Waals surface area contributed by atoms with E-state index in [-0.39, 0.29) is 36.6 Å². The lowest BCUT2D eigenvalue weighted by Crippen LogP contribution is -2.30. The van der Waals surface area contributed by atoms with Crippen molar-refractivity contribution in [2.24, 2.45) is 5.92 Å². The fourth-order valence-electron chi connectivity index (χ4n) is 3.44. The van der Waals surface area contributed by atoms with Crippen molar-refractivity contribution in [1.82, 2.24) is 4.90 Å². The summed E-state index contributed by atoms with van der Waals surface area (Å²) < 4.78 is 0. The van der Waals surface area contributed by atoms with Gasteiger partial charge in [0.2, 0.25) is 11.8 Å². The number of aliphatic carboxylic acids is 1. The average molecular weight is 380 g/mol. The number of rotatable bonds is 7. The number of hydrogen-bond acceptors (Lipinski definition) is 3. The minimum atomic E-state index is -0.836. The van der Waals surface area contributed by atoms with Crippen molar-refractivity contribution in [3.05, 3.63) is 65.7 Å². The standard InChI is InChI=1S/C22H24N2O4/c1-15(17-5-3-2-4-6-17)24-14-18(13-20(24)25)22(28)23-19-10-7-16(8-11-19)9-12-21(26)27/h2-8,10-11,15,18H,9,12-14H2,1H3,(H,23,28)(H,26,27). The molecule has 0 aromatic heterocycles. The van der Waals surface area contributed by atoms with Gasteiger partial charge in [-0.1, -0.05) is 42.5 Å². The molecule has 28 heavy (non-hydrogen) atoms. The van der Waals surface area contributed by atoms with Crippen molar-refractivity contribution in [3.63, 3.8) is 0 Å². The summed E-state index contributed by atoms with van der Waals surface area (Å²) in [5.74, 6) is -1.40. The highest BCUT2D eigenvalue weighted by Gasteiger charge is 2.36. The third kappa shape index (κ3) is 4.76. The lowest BCUT2D eigenvalue weighted by Gasteiger charge is -2.25. The van der Waals surface area contributed by atoms with Gasteiger partial charge in [-0.15, -0.1) is 0 Å². The number of carbonyl (C=O) groups excluding carboxylic acids is 2. The van der Waals surface area contributed by atoms with Crippen molar-refractivity contribution in [2.75, 3.05) is 11.9 Å². The molecule has 0 aliphatic carbocycles. The molecule has 1 fully saturated rings. The van der Waals surface area contributed by atoms with Crippen LogP contribution in [0.4, 0.5) is 5.69 Å². The van der Waals surface area contributed by atoms with E-state index >= 15 is 0 Å². The molecule has 6 nitrogen and oxygen atoms in total. The lowest BCUT2D eigenvalue weighted by atomic mass is 10.1. The van der Waals surface area contributed by atoms with Gasteiger partial charge in [-0.05, 0) is 36.6 Å². The smallest absolute Gasteiger partial charge is 0.303 e. The summed E-state index contributed by atoms with van der Waals surface area (Å²) in [5, 5.41) is 11.6. The van der Waals surface area contributed by atoms with Gasteiger partial charge in [0, 0.05) is 25.1 Å². The van der Waals surface area contributed by atoms with Gasteiger partial charge in [0.15, 0.2) is 0 Å². The Balaban J connectivity index is 1.58. The van der Waals surface area contributed by atoms with E-state index < -0.39 is 5.97 Å². The van der Waals surface area contributed by atoms with Gasteiger partial charge in [0.05, 0.1) is 12.0 Å². The van der Waals surface area contributed by atoms with Crippen LogP contribution in [0.25, 0.3) is 0 Å². The van der Waals surface area contributed by atoms with Crippen molar-refractivity contribution in [1.29, 1.82) is 0 Å². The van der Waals surface area contributed by atoms with Gasteiger partial charge in [-0.25, -0.2) is 0 Å². The molecule has 1 aliphatic rings. The molecule has 2 N–H and O–H groups in total. The van der Waals surface area contributed by atoms with Gasteiger partial charge in [0.25, 0.3) is 0 Å². The molecule has 2 unspecified atom stereocenters. The zero-order valence-electron chi connectivity index (χ0n) is 15.8. The predicted molar refractivity (Wildman–Crippen MR) is 106 cm³/mol. The van der Waals surface area contributed by atoms with E-state index in [0.29, 0.717) is 18.7 Å². The first-order valence-electron chi connectivity index (χ1n) is 9.40. The summed E-state index contributed by atoms with van der Waals surface area (Å²) >= 11 is 0. The highest BCUT2D eigenvalue weighted by atomic mass is 16.4. The first-order valence-corrected chi connectivity index (χ1v) is 9.40. The molecule has 0 spiro atoms. The minimum absolute atomic E-state index is 0.0134. The van der Waals surface area contributed by atoms with Gasteiger partial charge >= 0.3 is 5.97 Å². The van der Waals surface area contributed by atoms with Crippen LogP contribution in [0.15, 0.2) is 54.6 Å². The normalized spacial score (nSPS) is 17.4. The van der Waals surface area contributed by atoms with Crippen LogP contribution in [-0.2, 0) is 20.8 Å². The van der Waals surface area contributed by atoms with Gasteiger partial charge < -0.3 is 15.3 Å². The van der Waals surface area contributed by atoms with E-state index in [1.54, 1.807) is 17.0 Å². The number of carboxylic acid groups (broad SMARTS) is 1. The topological polar surface area (TPSA) is 86.7 Å². The Hall–Kier alpha value is -3.15. The van der Waals surface area contributed by atoms with Crippen LogP contribution >= 0.6 is 0 Å². The average Bonchev–Trinajstić information content (AvgIpc) is 3.09. The van der Waals surface area contributed by atoms with Crippen molar-refractivity contribution in [2.45, 2.75) is 32.2 Å². The molecule has 6 heteroatoms. The molecule has 2 amide bonds. The van der Waals surface area contributed by atoms with Crippen LogP contribution < -0.4 is 5.32 Å². The Morgan fingerprint density at radius 3 is 2.46 bits per heavy atom. The molecule has 1 aliphatic heterocycles. The second-order valence-electron chi connectivity index (χ2n) is 7.11. The highest BCUT2D eigenvalue weighted by Crippen LogP contribution is 2.29. The second kappa shape index (κ2) is 8.69. The van der Waals surface area contributed by atoms with E-state index in [9.17, 15) is 14.4 Å². The monoisotopic (exact) mass is 380 g/mol. The zero-order chi connectivity index (χ0) is 20.1. The van der Waals surface area contributed by atoms with Crippen LogP contribution in [0, 0.1) is 5.92 Å². The molecule has 1 heterocycles. The lowest BCUT2D eigenvalue weighted by molar-refractivity contribution is -0.137. The number of nitrogens with zero attached hydrogens (tertiary/aromatic N) is 1. The molecule has 0 bridgehead atoms. The molecule has 146 valence electrons. The number of anilines is 1. The summed E-state index contributed by atoms with van der Waals surface area (Å²) in [4.78, 5) is 37.4. The van der Waals surface area contributed by atoms with Gasteiger partial charge in [-0.2, -0.15) is 0 Å². The number of carbonyl (C=O) groups is 3. The number of nitrogens with one attached hydrogen (secondary N) is 1. The van der Waals surface area contributed by atoms with Crippen molar-refractivity contribution in [3.8, 4) is 0 Å². The summed E-state index contributed by atoms with van der Waals surface area (Å²) in [6.45, 7) is 2.38. The first-order chi connectivity index (χ1) is 13.4. The molecule has 0 saturated carbocycles. The minimum Gasteiger partial charge on any atom is -0.481 e. The fraction of sp³-hybridized carbons (Fsp3) is 0.318. The third-order valence-electron chi connectivity index (χ3n) is 5.13. The number of likely N-dealkylation sites (tertiary alicyclic amines) is 1. The van der Waals surface area contributed by atoms with Crippen LogP contribution in [0.2, 0.25) is 0 Å². The molecule has 2 aromatic carbocycles. The quantitative estimate of drug-likeness (QED) is 0.772. The Bertz CT molecular complexity index is 849. The predicted octanol–water partition coefficient (Wildman–Crippen LogP) is 3.25. The maximum absolute atomic E-state index is 12.6. The zero-order valence-corrected chi connectivity index (χ0v) is 15.8. The molecular formula is C22H24N2O4. The van der Waals surface area contributed by atoms with Crippen LogP contribution in [0.3, 0.4) is 0 Å². The fourth-order valence-corrected chi connectivity index (χ4v) is 3.44. The molecule has 2 aromatic rings. The van der Waals surface area contributed by atoms with E-state index in [0.717, 1.165) is 11.1 Å². The molecule has 2 atom stereocenters. The molecular weight excluding hydrogens is 356 g/mol. The number of amides is 2. The largest absolute Gasteiger partial charge is 0.481 e. The molecule has 3 rings (SSSR count). The third-order valence-corrected chi connectivity index (χ3v) is 5.13. The van der Waals surface area contributed by atoms with Crippen molar-refractivity contribution < 1.29 is 19.5 Å². The van der Waals surface area contributed by atoms with Gasteiger partial charge in [-0.3, -0.25) is 14.4 Å². The SMILES string of the molecule is CC(c1ccccc1)N1CC(C(=O)Nc2ccc(CCC(=O)O)cc2)CC1=O. The number of aryl methyl sites for hydroxylation is 1. The number of carboxylic acids is 1. The Morgan fingerprint density at radius 2 is 1.82 bits per heavy atom. The van der Waals surface area contributed by atoms with Crippen LogP contribution in [-0.4, -0.2) is 34.3 Å². The summed E-state index contributed by atoms with van der Waals surface area (Å²) in [5.41, 5.74) is 2.60. The Morgan fingerprint density at radius 1 is 1.14 bits per heavy atom. The number of hydrogen-bond donors (Lipinski definition) is 2.